The maximum absolute atomic E-state index is 11.9. The minimum absolute atomic E-state index is 0.0994. The Morgan fingerprint density at radius 1 is 1.33 bits per heavy atom. The molecule has 1 unspecified atom stereocenters. The summed E-state index contributed by atoms with van der Waals surface area (Å²) in [7, 11) is 1.24. The van der Waals surface area contributed by atoms with Crippen LogP contribution >= 0.6 is 0 Å². The van der Waals surface area contributed by atoms with Crippen molar-refractivity contribution >= 4 is 5.97 Å². The van der Waals surface area contributed by atoms with E-state index < -0.39 is 17.6 Å². The average molecular weight is 329 g/mol. The number of benzene rings is 1. The number of carbonyl (C=O) groups is 1. The molecule has 8 heteroatoms. The number of hydrogen-bond donors (Lipinski definition) is 3. The summed E-state index contributed by atoms with van der Waals surface area (Å²) in [6.45, 7) is 0.106. The van der Waals surface area contributed by atoms with Crippen LogP contribution in [0.2, 0.25) is 0 Å². The zero-order chi connectivity index (χ0) is 17.3. The highest BCUT2D eigenvalue weighted by atomic mass is 16.5. The van der Waals surface area contributed by atoms with Crippen LogP contribution in [0.15, 0.2) is 41.5 Å². The van der Waals surface area contributed by atoms with Crippen molar-refractivity contribution in [3.05, 3.63) is 58.1 Å². The molecule has 0 radical (unpaired) electrons. The van der Waals surface area contributed by atoms with Crippen molar-refractivity contribution in [1.29, 1.82) is 0 Å². The second-order valence-corrected chi connectivity index (χ2v) is 5.28. The number of phenolic OH excluding ortho intramolecular Hbond substituents is 1. The molecule has 0 aliphatic carbocycles. The molecule has 3 N–H and O–H groups in total. The summed E-state index contributed by atoms with van der Waals surface area (Å²) < 4.78 is 6.24. The number of aromatic amines is 1. The Kier molecular flexibility index (Phi) is 4.05. The first-order chi connectivity index (χ1) is 11.5. The summed E-state index contributed by atoms with van der Waals surface area (Å²) in [5.41, 5.74) is 0.752. The summed E-state index contributed by atoms with van der Waals surface area (Å²) in [6.07, 6.45) is 2.09. The zero-order valence-corrected chi connectivity index (χ0v) is 12.8. The number of pyridine rings is 1. The van der Waals surface area contributed by atoms with Crippen molar-refractivity contribution in [3.63, 3.8) is 0 Å². The van der Waals surface area contributed by atoms with Crippen LogP contribution in [0.4, 0.5) is 0 Å². The van der Waals surface area contributed by atoms with E-state index in [1.807, 2.05) is 0 Å². The van der Waals surface area contributed by atoms with Crippen molar-refractivity contribution < 1.29 is 19.7 Å². The Balaban J connectivity index is 1.98. The van der Waals surface area contributed by atoms with Gasteiger partial charge < -0.3 is 19.5 Å². The van der Waals surface area contributed by atoms with Crippen LogP contribution in [0, 0.1) is 0 Å². The monoisotopic (exact) mass is 329 g/mol. The van der Waals surface area contributed by atoms with Crippen molar-refractivity contribution in [3.8, 4) is 17.0 Å². The summed E-state index contributed by atoms with van der Waals surface area (Å²) in [5.74, 6) is -0.526. The number of ether oxygens (including phenoxy) is 1. The van der Waals surface area contributed by atoms with E-state index in [9.17, 15) is 19.8 Å². The molecule has 2 heterocycles. The van der Waals surface area contributed by atoms with Gasteiger partial charge in [-0.15, -0.1) is 0 Å². The molecule has 0 saturated carbocycles. The molecule has 0 aromatic heterocycles. The third-order valence-corrected chi connectivity index (χ3v) is 3.68. The van der Waals surface area contributed by atoms with Gasteiger partial charge >= 0.3 is 5.97 Å². The third-order valence-electron chi connectivity index (χ3n) is 3.68. The quantitative estimate of drug-likeness (QED) is 0.612. The highest BCUT2D eigenvalue weighted by Gasteiger charge is 2.22. The molecule has 24 heavy (non-hydrogen) atoms. The molecular formula is C16H15N3O5. The molecule has 1 aromatic carbocycles. The van der Waals surface area contributed by atoms with E-state index in [1.165, 1.54) is 36.2 Å². The predicted octanol–water partition coefficient (Wildman–Crippen LogP) is 0.902. The van der Waals surface area contributed by atoms with Crippen molar-refractivity contribution in [1.82, 2.24) is 14.8 Å². The van der Waals surface area contributed by atoms with Crippen molar-refractivity contribution in [2.45, 2.75) is 12.6 Å². The minimum atomic E-state index is -0.888. The number of aliphatic hydroxyl groups is 1. The largest absolute Gasteiger partial charge is 0.508 e. The number of aliphatic hydroxyl groups excluding tert-OH is 1. The van der Waals surface area contributed by atoms with Crippen molar-refractivity contribution in [2.75, 3.05) is 7.11 Å². The molecular weight excluding hydrogens is 314 g/mol. The van der Waals surface area contributed by atoms with E-state index in [1.54, 1.807) is 12.1 Å². The van der Waals surface area contributed by atoms with E-state index in [-0.39, 0.29) is 29.1 Å². The number of hydrogen-bond acceptors (Lipinski definition) is 6. The van der Waals surface area contributed by atoms with Crippen LogP contribution in [-0.4, -0.2) is 38.1 Å². The smallest absolute Gasteiger partial charge is 0.341 e. The molecule has 0 spiro atoms. The summed E-state index contributed by atoms with van der Waals surface area (Å²) in [4.78, 5) is 23.7. The Labute approximate surface area is 136 Å². The first kappa shape index (κ1) is 15.8. The molecule has 0 amide bonds. The Hall–Kier alpha value is -3.13. The number of phenols is 1. The molecule has 1 aromatic rings. The van der Waals surface area contributed by atoms with E-state index in [2.05, 4.69) is 10.2 Å². The third kappa shape index (κ3) is 2.86. The van der Waals surface area contributed by atoms with Crippen LogP contribution in [-0.2, 0) is 11.3 Å². The number of H-pyrrole nitrogens is 1. The fourth-order valence-electron chi connectivity index (χ4n) is 2.46. The van der Waals surface area contributed by atoms with Gasteiger partial charge in [0.25, 0.3) is 5.56 Å². The average Bonchev–Trinajstić information content (AvgIpc) is 2.95. The number of esters is 1. The fourth-order valence-corrected chi connectivity index (χ4v) is 2.46. The normalized spacial score (nSPS) is 12.2. The Bertz CT molecular complexity index is 897. The van der Waals surface area contributed by atoms with E-state index >= 15 is 0 Å². The zero-order valence-electron chi connectivity index (χ0n) is 12.8. The molecule has 1 atom stereocenters. The SMILES string of the molecule is COC(=O)c1cn(CC(O)c2ccc(O)cc2)cc2c(=O)[nH]nc1-2. The van der Waals surface area contributed by atoms with Crippen LogP contribution in [0.1, 0.15) is 22.0 Å². The van der Waals surface area contributed by atoms with Gasteiger partial charge in [0.2, 0.25) is 0 Å². The molecule has 2 aliphatic rings. The van der Waals surface area contributed by atoms with Crippen molar-refractivity contribution in [2.24, 2.45) is 0 Å². The molecule has 2 aliphatic heterocycles. The van der Waals surface area contributed by atoms with Gasteiger partial charge in [-0.3, -0.25) is 4.79 Å². The van der Waals surface area contributed by atoms with E-state index in [0.717, 1.165) is 0 Å². The number of carbonyl (C=O) groups excluding carboxylic acids is 1. The molecule has 0 bridgehead atoms. The Morgan fingerprint density at radius 3 is 2.71 bits per heavy atom. The van der Waals surface area contributed by atoms with Crippen LogP contribution < -0.4 is 5.56 Å². The van der Waals surface area contributed by atoms with E-state index in [0.29, 0.717) is 5.56 Å². The summed E-state index contributed by atoms with van der Waals surface area (Å²) >= 11 is 0. The number of fused-ring (bicyclic) bond motifs is 1. The fraction of sp³-hybridized carbons (Fsp3) is 0.188. The number of aromatic nitrogens is 3. The first-order valence-corrected chi connectivity index (χ1v) is 7.13. The predicted molar refractivity (Wildman–Crippen MR) is 83.9 cm³/mol. The van der Waals surface area contributed by atoms with Crippen LogP contribution in [0.25, 0.3) is 11.3 Å². The Morgan fingerprint density at radius 2 is 2.04 bits per heavy atom. The first-order valence-electron chi connectivity index (χ1n) is 7.13. The lowest BCUT2D eigenvalue weighted by Gasteiger charge is -2.16. The number of nitrogens with zero attached hydrogens (tertiary/aromatic N) is 2. The van der Waals surface area contributed by atoms with Crippen LogP contribution in [0.5, 0.6) is 5.75 Å². The maximum atomic E-state index is 11.9. The number of rotatable bonds is 4. The number of nitrogens with one attached hydrogen (secondary N) is 1. The highest BCUT2D eigenvalue weighted by molar-refractivity contribution is 5.95. The second kappa shape index (κ2) is 6.17. The lowest BCUT2D eigenvalue weighted by Crippen LogP contribution is -2.15. The van der Waals surface area contributed by atoms with Gasteiger partial charge in [-0.2, -0.15) is 5.10 Å². The molecule has 8 nitrogen and oxygen atoms in total. The summed E-state index contributed by atoms with van der Waals surface area (Å²) in [6, 6.07) is 6.13. The standard InChI is InChI=1S/C16H15N3O5/c1-24-16(23)12-7-19(6-11-14(12)17-18-15(11)22)8-13(21)9-2-4-10(20)5-3-9/h2-7,13,20-21H,8H2,1H3,(H,18,22). The van der Waals surface area contributed by atoms with Gasteiger partial charge in [0.05, 0.1) is 25.3 Å². The maximum Gasteiger partial charge on any atom is 0.341 e. The van der Waals surface area contributed by atoms with Gasteiger partial charge in [0.15, 0.2) is 0 Å². The topological polar surface area (TPSA) is 117 Å². The van der Waals surface area contributed by atoms with Gasteiger partial charge in [-0.05, 0) is 17.7 Å². The van der Waals surface area contributed by atoms with Gasteiger partial charge in [-0.1, -0.05) is 12.1 Å². The highest BCUT2D eigenvalue weighted by Crippen LogP contribution is 2.23. The molecule has 3 rings (SSSR count). The van der Waals surface area contributed by atoms with Gasteiger partial charge in [0, 0.05) is 12.4 Å². The van der Waals surface area contributed by atoms with Gasteiger partial charge in [0.1, 0.15) is 17.0 Å². The lowest BCUT2D eigenvalue weighted by atomic mass is 10.1. The van der Waals surface area contributed by atoms with Crippen LogP contribution in [0.3, 0.4) is 0 Å². The number of methoxy groups -OCH3 is 1. The minimum Gasteiger partial charge on any atom is -0.508 e. The summed E-state index contributed by atoms with van der Waals surface area (Å²) in [5, 5.41) is 25.7. The molecule has 124 valence electrons. The second-order valence-electron chi connectivity index (χ2n) is 5.28. The molecule has 0 saturated heterocycles. The number of aromatic hydroxyl groups is 1. The van der Waals surface area contributed by atoms with E-state index in [4.69, 9.17) is 4.74 Å². The lowest BCUT2D eigenvalue weighted by molar-refractivity contribution is 0.0599. The molecule has 0 fully saturated rings. The van der Waals surface area contributed by atoms with Gasteiger partial charge in [-0.25, -0.2) is 9.89 Å².